The number of halogens is 8. The third-order valence-corrected chi connectivity index (χ3v) is 6.21. The van der Waals surface area contributed by atoms with E-state index in [9.17, 15) is 40.3 Å². The SMILES string of the molecule is CC[C@H](C[C@@H](F)Cn1ccc2cc(-c3ncc(C(F)(F)F)cn3)c(F)cc2c1=O)Nc1cn[nH]c(=O)c1C(F)(F)F. The maximum atomic E-state index is 15.0. The second-order valence-electron chi connectivity index (χ2n) is 9.05. The van der Waals surface area contributed by atoms with Crippen LogP contribution in [0.1, 0.15) is 30.9 Å². The zero-order chi connectivity index (χ0) is 30.1. The summed E-state index contributed by atoms with van der Waals surface area (Å²) >= 11 is 0. The summed E-state index contributed by atoms with van der Waals surface area (Å²) in [5.74, 6) is -1.33. The van der Waals surface area contributed by atoms with E-state index in [-0.39, 0.29) is 35.0 Å². The van der Waals surface area contributed by atoms with Crippen molar-refractivity contribution in [3.63, 3.8) is 0 Å². The number of H-pyrrole nitrogens is 1. The van der Waals surface area contributed by atoms with E-state index < -0.39 is 64.9 Å². The van der Waals surface area contributed by atoms with Gasteiger partial charge in [-0.1, -0.05) is 6.92 Å². The highest BCUT2D eigenvalue weighted by Gasteiger charge is 2.38. The summed E-state index contributed by atoms with van der Waals surface area (Å²) in [7, 11) is 0. The van der Waals surface area contributed by atoms with Crippen molar-refractivity contribution in [2.24, 2.45) is 0 Å². The van der Waals surface area contributed by atoms with Crippen LogP contribution in [0.3, 0.4) is 0 Å². The quantitative estimate of drug-likeness (QED) is 0.270. The molecule has 0 spiro atoms. The van der Waals surface area contributed by atoms with Gasteiger partial charge in [0.2, 0.25) is 0 Å². The van der Waals surface area contributed by atoms with E-state index in [1.807, 2.05) is 0 Å². The summed E-state index contributed by atoms with van der Waals surface area (Å²) in [6, 6.07) is 2.52. The first-order valence-corrected chi connectivity index (χ1v) is 12.0. The topological polar surface area (TPSA) is 106 Å². The Morgan fingerprint density at radius 1 is 1.02 bits per heavy atom. The van der Waals surface area contributed by atoms with E-state index in [2.05, 4.69) is 20.4 Å². The number of fused-ring (bicyclic) bond motifs is 1. The van der Waals surface area contributed by atoms with E-state index in [1.165, 1.54) is 18.3 Å². The highest BCUT2D eigenvalue weighted by Crippen LogP contribution is 2.32. The minimum atomic E-state index is -4.99. The molecule has 4 rings (SSSR count). The molecule has 4 aromatic rings. The number of benzene rings is 1. The monoisotopic (exact) mass is 588 g/mol. The molecule has 0 saturated heterocycles. The predicted octanol–water partition coefficient (Wildman–Crippen LogP) is 5.34. The lowest BCUT2D eigenvalue weighted by atomic mass is 10.1. The van der Waals surface area contributed by atoms with E-state index in [4.69, 9.17) is 0 Å². The lowest BCUT2D eigenvalue weighted by molar-refractivity contribution is -0.139. The molecule has 0 unspecified atom stereocenters. The van der Waals surface area contributed by atoms with E-state index in [0.29, 0.717) is 12.4 Å². The molecule has 0 aliphatic carbocycles. The van der Waals surface area contributed by atoms with Gasteiger partial charge in [-0.25, -0.2) is 23.8 Å². The minimum Gasteiger partial charge on any atom is -0.380 e. The number of pyridine rings is 1. The molecular formula is C25H20F8N6O2. The highest BCUT2D eigenvalue weighted by atomic mass is 19.4. The van der Waals surface area contributed by atoms with Crippen LogP contribution >= 0.6 is 0 Å². The number of anilines is 1. The Balaban J connectivity index is 1.54. The Kier molecular flexibility index (Phi) is 8.12. The molecule has 0 radical (unpaired) electrons. The first-order valence-electron chi connectivity index (χ1n) is 12.0. The first-order chi connectivity index (χ1) is 19.2. The van der Waals surface area contributed by atoms with E-state index >= 15 is 4.39 Å². The fraction of sp³-hybridized carbons (Fsp3) is 0.320. The molecular weight excluding hydrogens is 568 g/mol. The number of nitrogens with zero attached hydrogens (tertiary/aromatic N) is 4. The van der Waals surface area contributed by atoms with Gasteiger partial charge in [0.15, 0.2) is 5.82 Å². The lowest BCUT2D eigenvalue weighted by Gasteiger charge is -2.22. The van der Waals surface area contributed by atoms with Crippen molar-refractivity contribution in [1.82, 2.24) is 24.7 Å². The zero-order valence-corrected chi connectivity index (χ0v) is 20.9. The van der Waals surface area contributed by atoms with Crippen LogP contribution in [-0.4, -0.2) is 36.9 Å². The molecule has 16 heteroatoms. The number of aromatic amines is 1. The van der Waals surface area contributed by atoms with Crippen LogP contribution in [0.2, 0.25) is 0 Å². The van der Waals surface area contributed by atoms with Crippen molar-refractivity contribution < 1.29 is 35.1 Å². The summed E-state index contributed by atoms with van der Waals surface area (Å²) in [5.41, 5.74) is -5.74. The van der Waals surface area contributed by atoms with Gasteiger partial charge in [0.1, 0.15) is 17.6 Å². The Bertz CT molecular complexity index is 1660. The molecule has 1 aromatic carbocycles. The van der Waals surface area contributed by atoms with Gasteiger partial charge in [-0.05, 0) is 30.0 Å². The first kappa shape index (κ1) is 29.6. The Hall–Kier alpha value is -4.37. The van der Waals surface area contributed by atoms with Crippen LogP contribution in [0.15, 0.2) is 52.6 Å². The molecule has 0 aliphatic rings. The van der Waals surface area contributed by atoms with Gasteiger partial charge in [0, 0.05) is 31.1 Å². The van der Waals surface area contributed by atoms with Gasteiger partial charge in [-0.3, -0.25) is 9.59 Å². The van der Waals surface area contributed by atoms with Crippen LogP contribution in [0.4, 0.5) is 40.8 Å². The molecule has 218 valence electrons. The van der Waals surface area contributed by atoms with Crippen molar-refractivity contribution in [3.05, 3.63) is 80.6 Å². The fourth-order valence-electron chi connectivity index (χ4n) is 4.17. The number of aromatic nitrogens is 5. The van der Waals surface area contributed by atoms with Gasteiger partial charge in [0.05, 0.1) is 34.9 Å². The van der Waals surface area contributed by atoms with Gasteiger partial charge < -0.3 is 9.88 Å². The number of hydrogen-bond donors (Lipinski definition) is 2. The summed E-state index contributed by atoms with van der Waals surface area (Å²) in [6.45, 7) is 1.07. The summed E-state index contributed by atoms with van der Waals surface area (Å²) < 4.78 is 109. The second kappa shape index (κ2) is 11.2. The van der Waals surface area contributed by atoms with Crippen LogP contribution in [0.5, 0.6) is 0 Å². The molecule has 0 amide bonds. The molecule has 41 heavy (non-hydrogen) atoms. The molecule has 0 aliphatic heterocycles. The molecule has 3 heterocycles. The Labute approximate surface area is 225 Å². The average Bonchev–Trinajstić information content (AvgIpc) is 2.89. The molecule has 2 atom stereocenters. The summed E-state index contributed by atoms with van der Waals surface area (Å²) in [5, 5.41) is 7.59. The second-order valence-corrected chi connectivity index (χ2v) is 9.05. The van der Waals surface area contributed by atoms with Crippen molar-refractivity contribution in [2.75, 3.05) is 5.32 Å². The standard InChI is InChI=1S/C25H20F8N6O2/c1-2-15(37-19-10-36-38-22(40)20(19)25(31,32)33)6-14(26)11-39-4-3-12-5-17(18(27)7-16(12)23(39)41)21-34-8-13(9-35-21)24(28,29)30/h3-5,7-10,14-15H,2,6,11H2,1H3,(H2,37,38,40)/t14-,15-/m1/s1. The smallest absolute Gasteiger partial charge is 0.380 e. The number of alkyl halides is 7. The summed E-state index contributed by atoms with van der Waals surface area (Å²) in [6.07, 6.45) is -8.59. The minimum absolute atomic E-state index is 0.151. The van der Waals surface area contributed by atoms with Crippen molar-refractivity contribution in [3.8, 4) is 11.4 Å². The summed E-state index contributed by atoms with van der Waals surface area (Å²) in [4.78, 5) is 31.7. The average molecular weight is 588 g/mol. The Morgan fingerprint density at radius 2 is 1.71 bits per heavy atom. The number of nitrogens with one attached hydrogen (secondary N) is 2. The molecule has 0 bridgehead atoms. The molecule has 2 N–H and O–H groups in total. The van der Waals surface area contributed by atoms with Crippen LogP contribution in [0, 0.1) is 5.82 Å². The van der Waals surface area contributed by atoms with Crippen molar-refractivity contribution in [1.29, 1.82) is 0 Å². The molecule has 0 saturated carbocycles. The van der Waals surface area contributed by atoms with Crippen LogP contribution in [-0.2, 0) is 18.9 Å². The zero-order valence-electron chi connectivity index (χ0n) is 20.9. The Morgan fingerprint density at radius 3 is 2.32 bits per heavy atom. The maximum Gasteiger partial charge on any atom is 0.423 e. The predicted molar refractivity (Wildman–Crippen MR) is 131 cm³/mol. The molecule has 0 fully saturated rings. The highest BCUT2D eigenvalue weighted by molar-refractivity contribution is 5.86. The van der Waals surface area contributed by atoms with Crippen molar-refractivity contribution in [2.45, 2.75) is 50.9 Å². The third-order valence-electron chi connectivity index (χ3n) is 6.21. The number of rotatable bonds is 8. The third kappa shape index (κ3) is 6.52. The molecule has 8 nitrogen and oxygen atoms in total. The van der Waals surface area contributed by atoms with Gasteiger partial charge in [-0.2, -0.15) is 31.4 Å². The van der Waals surface area contributed by atoms with Crippen molar-refractivity contribution >= 4 is 16.5 Å². The fourth-order valence-corrected chi connectivity index (χ4v) is 4.17. The van der Waals surface area contributed by atoms with Gasteiger partial charge in [-0.15, -0.1) is 0 Å². The normalized spacial score (nSPS) is 13.8. The van der Waals surface area contributed by atoms with Gasteiger partial charge in [0.25, 0.3) is 11.1 Å². The largest absolute Gasteiger partial charge is 0.423 e. The van der Waals surface area contributed by atoms with Crippen LogP contribution < -0.4 is 16.4 Å². The lowest BCUT2D eigenvalue weighted by Crippen LogP contribution is -2.31. The number of hydrogen-bond acceptors (Lipinski definition) is 6. The van der Waals surface area contributed by atoms with Crippen LogP contribution in [0.25, 0.3) is 22.2 Å². The van der Waals surface area contributed by atoms with E-state index in [1.54, 1.807) is 12.0 Å². The van der Waals surface area contributed by atoms with Gasteiger partial charge >= 0.3 is 12.4 Å². The molecule has 3 aromatic heterocycles. The van der Waals surface area contributed by atoms with E-state index in [0.717, 1.165) is 16.8 Å². The maximum absolute atomic E-state index is 15.0.